The van der Waals surface area contributed by atoms with Crippen LogP contribution in [0.5, 0.6) is 11.5 Å². The number of hydrogen-bond acceptors (Lipinski definition) is 4. The summed E-state index contributed by atoms with van der Waals surface area (Å²) in [4.78, 5) is 14.1. The molecule has 0 saturated carbocycles. The number of furan rings is 1. The zero-order valence-corrected chi connectivity index (χ0v) is 15.3. The maximum Gasteiger partial charge on any atom is 0.226 e. The van der Waals surface area contributed by atoms with Gasteiger partial charge in [-0.25, -0.2) is 0 Å². The molecule has 5 nitrogen and oxygen atoms in total. The fourth-order valence-corrected chi connectivity index (χ4v) is 2.68. The number of benzene rings is 2. The molecular formula is C21H23NO4. The third-order valence-corrected chi connectivity index (χ3v) is 4.35. The lowest BCUT2D eigenvalue weighted by Crippen LogP contribution is -2.32. The minimum Gasteiger partial charge on any atom is -0.497 e. The van der Waals surface area contributed by atoms with Gasteiger partial charge in [-0.1, -0.05) is 17.7 Å². The molecule has 136 valence electrons. The zero-order valence-electron chi connectivity index (χ0n) is 15.3. The molecule has 5 heteroatoms. The SMILES string of the molecule is COc1ccc2c(CC(=O)N(C)CCOc3ccc(C)cc3)coc2c1. The molecule has 0 saturated heterocycles. The number of carbonyl (C=O) groups excluding carboxylic acids is 1. The minimum absolute atomic E-state index is 0.0241. The summed E-state index contributed by atoms with van der Waals surface area (Å²) in [6.45, 7) is 3.01. The molecule has 0 aliphatic heterocycles. The molecule has 0 aliphatic carbocycles. The summed E-state index contributed by atoms with van der Waals surface area (Å²) in [5.41, 5.74) is 2.78. The van der Waals surface area contributed by atoms with Crippen molar-refractivity contribution in [1.82, 2.24) is 4.90 Å². The third kappa shape index (κ3) is 4.17. The number of rotatable bonds is 7. The van der Waals surface area contributed by atoms with Crippen molar-refractivity contribution in [2.24, 2.45) is 0 Å². The summed E-state index contributed by atoms with van der Waals surface area (Å²) in [6, 6.07) is 13.5. The number of fused-ring (bicyclic) bond motifs is 1. The normalized spacial score (nSPS) is 10.7. The topological polar surface area (TPSA) is 51.9 Å². The highest BCUT2D eigenvalue weighted by molar-refractivity contribution is 5.88. The first-order valence-corrected chi connectivity index (χ1v) is 8.54. The Morgan fingerprint density at radius 1 is 1.12 bits per heavy atom. The Hall–Kier alpha value is -2.95. The van der Waals surface area contributed by atoms with Gasteiger partial charge in [0.05, 0.1) is 26.3 Å². The van der Waals surface area contributed by atoms with Crippen LogP contribution in [0.2, 0.25) is 0 Å². The molecule has 0 aliphatic rings. The van der Waals surface area contributed by atoms with E-state index in [1.165, 1.54) is 5.56 Å². The van der Waals surface area contributed by atoms with Crippen LogP contribution in [-0.2, 0) is 11.2 Å². The van der Waals surface area contributed by atoms with Crippen molar-refractivity contribution >= 4 is 16.9 Å². The highest BCUT2D eigenvalue weighted by Gasteiger charge is 2.14. The summed E-state index contributed by atoms with van der Waals surface area (Å²) in [5, 5.41) is 0.934. The lowest BCUT2D eigenvalue weighted by atomic mass is 10.1. The Bertz CT molecular complexity index is 883. The quantitative estimate of drug-likeness (QED) is 0.648. The van der Waals surface area contributed by atoms with E-state index in [2.05, 4.69) is 0 Å². The van der Waals surface area contributed by atoms with Gasteiger partial charge >= 0.3 is 0 Å². The second kappa shape index (κ2) is 7.95. The van der Waals surface area contributed by atoms with Crippen LogP contribution >= 0.6 is 0 Å². The molecule has 0 spiro atoms. The number of ether oxygens (including phenoxy) is 2. The van der Waals surface area contributed by atoms with Crippen LogP contribution < -0.4 is 9.47 Å². The van der Waals surface area contributed by atoms with E-state index in [0.717, 1.165) is 28.0 Å². The predicted octanol–water partition coefficient (Wildman–Crippen LogP) is 3.83. The fourth-order valence-electron chi connectivity index (χ4n) is 2.68. The number of likely N-dealkylation sites (N-methyl/N-ethyl adjacent to an activating group) is 1. The van der Waals surface area contributed by atoms with Gasteiger partial charge in [0.15, 0.2) is 0 Å². The average Bonchev–Trinajstić information content (AvgIpc) is 3.05. The Morgan fingerprint density at radius 3 is 2.58 bits per heavy atom. The van der Waals surface area contributed by atoms with Crippen molar-refractivity contribution in [3.63, 3.8) is 0 Å². The first-order chi connectivity index (χ1) is 12.6. The Balaban J connectivity index is 1.54. The van der Waals surface area contributed by atoms with Crippen molar-refractivity contribution in [1.29, 1.82) is 0 Å². The van der Waals surface area contributed by atoms with Gasteiger partial charge in [-0.05, 0) is 31.2 Å². The summed E-state index contributed by atoms with van der Waals surface area (Å²) < 4.78 is 16.4. The Morgan fingerprint density at radius 2 is 1.85 bits per heavy atom. The Labute approximate surface area is 153 Å². The van der Waals surface area contributed by atoms with Gasteiger partial charge in [0.1, 0.15) is 23.7 Å². The van der Waals surface area contributed by atoms with E-state index in [1.807, 2.05) is 49.4 Å². The molecule has 0 fully saturated rings. The molecule has 0 bridgehead atoms. The number of methoxy groups -OCH3 is 1. The van der Waals surface area contributed by atoms with Gasteiger partial charge in [0, 0.05) is 24.1 Å². The molecule has 3 aromatic rings. The van der Waals surface area contributed by atoms with Crippen molar-refractivity contribution in [3.8, 4) is 11.5 Å². The van der Waals surface area contributed by atoms with Crippen molar-refractivity contribution < 1.29 is 18.7 Å². The van der Waals surface area contributed by atoms with E-state index in [4.69, 9.17) is 13.9 Å². The largest absolute Gasteiger partial charge is 0.497 e. The molecule has 2 aromatic carbocycles. The minimum atomic E-state index is 0.0241. The summed E-state index contributed by atoms with van der Waals surface area (Å²) in [7, 11) is 3.40. The molecule has 0 N–H and O–H groups in total. The predicted molar refractivity (Wildman–Crippen MR) is 101 cm³/mol. The molecule has 0 unspecified atom stereocenters. The molecule has 3 rings (SSSR count). The molecule has 0 atom stereocenters. The molecule has 1 aromatic heterocycles. The number of aryl methyl sites for hydroxylation is 1. The van der Waals surface area contributed by atoms with Gasteiger partial charge in [-0.2, -0.15) is 0 Å². The first-order valence-electron chi connectivity index (χ1n) is 8.54. The van der Waals surface area contributed by atoms with Crippen molar-refractivity contribution in [3.05, 3.63) is 59.9 Å². The highest BCUT2D eigenvalue weighted by atomic mass is 16.5. The van der Waals surface area contributed by atoms with Crippen LogP contribution in [-0.4, -0.2) is 38.1 Å². The second-order valence-electron chi connectivity index (χ2n) is 6.28. The van der Waals surface area contributed by atoms with Crippen molar-refractivity contribution in [2.45, 2.75) is 13.3 Å². The smallest absolute Gasteiger partial charge is 0.226 e. The first kappa shape index (κ1) is 17.9. The maximum atomic E-state index is 12.5. The number of nitrogens with zero attached hydrogens (tertiary/aromatic N) is 1. The van der Waals surface area contributed by atoms with Crippen LogP contribution in [0.25, 0.3) is 11.0 Å². The molecule has 1 amide bonds. The zero-order chi connectivity index (χ0) is 18.5. The lowest BCUT2D eigenvalue weighted by Gasteiger charge is -2.17. The van der Waals surface area contributed by atoms with E-state index in [1.54, 1.807) is 25.3 Å². The third-order valence-electron chi connectivity index (χ3n) is 4.35. The molecule has 26 heavy (non-hydrogen) atoms. The molecular weight excluding hydrogens is 330 g/mol. The summed E-state index contributed by atoms with van der Waals surface area (Å²) in [6.07, 6.45) is 1.93. The number of carbonyl (C=O) groups is 1. The number of hydrogen-bond donors (Lipinski definition) is 0. The van der Waals surface area contributed by atoms with Gasteiger partial charge in [-0.15, -0.1) is 0 Å². The van der Waals surface area contributed by atoms with E-state index >= 15 is 0 Å². The standard InChI is InChI=1S/C21H23NO4/c1-15-4-6-17(7-5-15)25-11-10-22(2)21(23)12-16-14-26-20-13-18(24-3)8-9-19(16)20/h4-9,13-14H,10-12H2,1-3H3. The van der Waals surface area contributed by atoms with Crippen molar-refractivity contribution in [2.75, 3.05) is 27.3 Å². The molecule has 1 heterocycles. The van der Waals surface area contributed by atoms with Crippen LogP contribution in [0.3, 0.4) is 0 Å². The lowest BCUT2D eigenvalue weighted by molar-refractivity contribution is -0.129. The van der Waals surface area contributed by atoms with Gasteiger partial charge in [0.2, 0.25) is 5.91 Å². The Kier molecular flexibility index (Phi) is 5.46. The second-order valence-corrected chi connectivity index (χ2v) is 6.28. The van der Waals surface area contributed by atoms with Crippen LogP contribution in [0.15, 0.2) is 53.1 Å². The maximum absolute atomic E-state index is 12.5. The van der Waals surface area contributed by atoms with E-state index < -0.39 is 0 Å². The van der Waals surface area contributed by atoms with E-state index in [-0.39, 0.29) is 5.91 Å². The van der Waals surface area contributed by atoms with Crippen LogP contribution in [0.1, 0.15) is 11.1 Å². The van der Waals surface area contributed by atoms with Gasteiger partial charge in [0.25, 0.3) is 0 Å². The summed E-state index contributed by atoms with van der Waals surface area (Å²) in [5.74, 6) is 1.57. The van der Waals surface area contributed by atoms with Crippen LogP contribution in [0, 0.1) is 6.92 Å². The fraction of sp³-hybridized carbons (Fsp3) is 0.286. The molecule has 0 radical (unpaired) electrons. The number of amides is 1. The average molecular weight is 353 g/mol. The monoisotopic (exact) mass is 353 g/mol. The van der Waals surface area contributed by atoms with Crippen LogP contribution in [0.4, 0.5) is 0 Å². The summed E-state index contributed by atoms with van der Waals surface area (Å²) >= 11 is 0. The van der Waals surface area contributed by atoms with Gasteiger partial charge < -0.3 is 18.8 Å². The van der Waals surface area contributed by atoms with E-state index in [9.17, 15) is 4.79 Å². The van der Waals surface area contributed by atoms with Gasteiger partial charge in [-0.3, -0.25) is 4.79 Å². The highest BCUT2D eigenvalue weighted by Crippen LogP contribution is 2.26. The van der Waals surface area contributed by atoms with E-state index in [0.29, 0.717) is 19.6 Å².